The van der Waals surface area contributed by atoms with Crippen molar-refractivity contribution in [1.29, 1.82) is 0 Å². The van der Waals surface area contributed by atoms with Crippen LogP contribution >= 0.6 is 0 Å². The monoisotopic (exact) mass is 420 g/mol. The number of para-hydroxylation sites is 2. The van der Waals surface area contributed by atoms with Crippen LogP contribution in [0.25, 0.3) is 10.9 Å². The van der Waals surface area contributed by atoms with Crippen LogP contribution < -0.4 is 5.32 Å². The first-order valence-electron chi connectivity index (χ1n) is 8.95. The zero-order valence-electron chi connectivity index (χ0n) is 15.5. The van der Waals surface area contributed by atoms with Gasteiger partial charge in [0.2, 0.25) is 0 Å². The van der Waals surface area contributed by atoms with Crippen LogP contribution in [0, 0.1) is 0 Å². The molecule has 0 unspecified atom stereocenters. The number of anilines is 1. The molecule has 150 valence electrons. The standard InChI is InChI=1S/C22H16N2O5S/c25-21(23-15-9-3-1-4-10-15)20-19(22(26)27)17-13-7-8-14-18(17)24(20)30(28,29)16-11-5-2-6-12-16/h1-14H,(H,23,25)(H,26,27). The minimum Gasteiger partial charge on any atom is -0.478 e. The average Bonchev–Trinajstić information content (AvgIpc) is 3.11. The Labute approximate surface area is 172 Å². The Morgan fingerprint density at radius 2 is 1.37 bits per heavy atom. The van der Waals surface area contributed by atoms with E-state index in [1.807, 2.05) is 0 Å². The van der Waals surface area contributed by atoms with Crippen molar-refractivity contribution in [3.8, 4) is 0 Å². The SMILES string of the molecule is O=C(O)c1c(C(=O)Nc2ccccc2)n(S(=O)(=O)c2ccccc2)c2ccccc12. The summed E-state index contributed by atoms with van der Waals surface area (Å²) in [6.45, 7) is 0. The number of carbonyl (C=O) groups is 2. The van der Waals surface area contributed by atoms with Crippen LogP contribution in [0.2, 0.25) is 0 Å². The predicted octanol–water partition coefficient (Wildman–Crippen LogP) is 3.83. The highest BCUT2D eigenvalue weighted by Crippen LogP contribution is 2.31. The first kappa shape index (κ1) is 19.4. The molecule has 0 radical (unpaired) electrons. The molecule has 0 saturated heterocycles. The number of rotatable bonds is 5. The second-order valence-corrected chi connectivity index (χ2v) is 8.24. The number of aromatic carboxylic acids is 1. The quantitative estimate of drug-likeness (QED) is 0.510. The van der Waals surface area contributed by atoms with E-state index in [0.29, 0.717) is 5.69 Å². The first-order valence-corrected chi connectivity index (χ1v) is 10.4. The molecule has 1 aromatic heterocycles. The second-order valence-electron chi connectivity index (χ2n) is 6.45. The van der Waals surface area contributed by atoms with Crippen LogP contribution in [0.15, 0.2) is 89.8 Å². The van der Waals surface area contributed by atoms with Gasteiger partial charge in [-0.15, -0.1) is 0 Å². The van der Waals surface area contributed by atoms with E-state index in [9.17, 15) is 23.1 Å². The molecule has 0 aliphatic rings. The van der Waals surface area contributed by atoms with Crippen LogP contribution in [0.4, 0.5) is 5.69 Å². The summed E-state index contributed by atoms with van der Waals surface area (Å²) in [5.74, 6) is -2.24. The lowest BCUT2D eigenvalue weighted by atomic mass is 10.1. The van der Waals surface area contributed by atoms with Gasteiger partial charge in [0, 0.05) is 11.1 Å². The minimum absolute atomic E-state index is 0.0588. The Kier molecular flexibility index (Phi) is 4.85. The summed E-state index contributed by atoms with van der Waals surface area (Å²) < 4.78 is 27.7. The van der Waals surface area contributed by atoms with Crippen molar-refractivity contribution in [2.24, 2.45) is 0 Å². The molecule has 1 amide bonds. The van der Waals surface area contributed by atoms with Crippen molar-refractivity contribution in [3.05, 3.63) is 96.2 Å². The number of fused-ring (bicyclic) bond motifs is 1. The topological polar surface area (TPSA) is 105 Å². The molecule has 3 aromatic carbocycles. The number of benzene rings is 3. The number of hydrogen-bond donors (Lipinski definition) is 2. The van der Waals surface area contributed by atoms with Gasteiger partial charge in [-0.3, -0.25) is 4.79 Å². The fraction of sp³-hybridized carbons (Fsp3) is 0. The highest BCUT2D eigenvalue weighted by Gasteiger charge is 2.33. The highest BCUT2D eigenvalue weighted by atomic mass is 32.2. The van der Waals surface area contributed by atoms with Gasteiger partial charge in [0.05, 0.1) is 16.0 Å². The smallest absolute Gasteiger partial charge is 0.338 e. The molecule has 0 aliphatic heterocycles. The Balaban J connectivity index is 2.03. The summed E-state index contributed by atoms with van der Waals surface area (Å²) in [4.78, 5) is 25.2. The molecule has 4 aromatic rings. The number of carboxylic acids is 1. The molecule has 30 heavy (non-hydrogen) atoms. The summed E-state index contributed by atoms with van der Waals surface area (Å²) >= 11 is 0. The Morgan fingerprint density at radius 3 is 2.00 bits per heavy atom. The zero-order valence-corrected chi connectivity index (χ0v) is 16.3. The summed E-state index contributed by atoms with van der Waals surface area (Å²) in [6.07, 6.45) is 0. The first-order chi connectivity index (χ1) is 14.4. The third kappa shape index (κ3) is 3.23. The van der Waals surface area contributed by atoms with E-state index in [0.717, 1.165) is 3.97 Å². The lowest BCUT2D eigenvalue weighted by molar-refractivity contribution is 0.0694. The summed E-state index contributed by atoms with van der Waals surface area (Å²) in [5.41, 5.74) is -0.320. The van der Waals surface area contributed by atoms with E-state index in [4.69, 9.17) is 0 Å². The molecule has 8 heteroatoms. The van der Waals surface area contributed by atoms with E-state index in [1.165, 1.54) is 24.3 Å². The second kappa shape index (κ2) is 7.49. The molecule has 0 saturated carbocycles. The van der Waals surface area contributed by atoms with Gasteiger partial charge < -0.3 is 10.4 Å². The fourth-order valence-electron chi connectivity index (χ4n) is 3.29. The minimum atomic E-state index is -4.25. The van der Waals surface area contributed by atoms with Gasteiger partial charge in [-0.25, -0.2) is 17.2 Å². The molecular weight excluding hydrogens is 404 g/mol. The average molecular weight is 420 g/mol. The van der Waals surface area contributed by atoms with Gasteiger partial charge in [-0.1, -0.05) is 54.6 Å². The van der Waals surface area contributed by atoms with Crippen molar-refractivity contribution in [3.63, 3.8) is 0 Å². The molecule has 0 spiro atoms. The van der Waals surface area contributed by atoms with Crippen LogP contribution in [0.1, 0.15) is 20.8 Å². The number of amides is 1. The third-order valence-electron chi connectivity index (χ3n) is 4.57. The number of carbonyl (C=O) groups excluding carboxylic acids is 1. The van der Waals surface area contributed by atoms with Crippen LogP contribution in [-0.2, 0) is 10.0 Å². The molecule has 2 N–H and O–H groups in total. The number of carboxylic acid groups (broad SMARTS) is 1. The maximum Gasteiger partial charge on any atom is 0.338 e. The van der Waals surface area contributed by atoms with Crippen molar-refractivity contribution in [1.82, 2.24) is 3.97 Å². The lowest BCUT2D eigenvalue weighted by Crippen LogP contribution is -2.24. The number of hydrogen-bond acceptors (Lipinski definition) is 4. The summed E-state index contributed by atoms with van der Waals surface area (Å²) in [6, 6.07) is 22.1. The number of aromatic nitrogens is 1. The van der Waals surface area contributed by atoms with E-state index in [2.05, 4.69) is 5.32 Å². The normalized spacial score (nSPS) is 11.3. The van der Waals surface area contributed by atoms with Crippen LogP contribution in [0.5, 0.6) is 0 Å². The Hall–Kier alpha value is -3.91. The van der Waals surface area contributed by atoms with Gasteiger partial charge >= 0.3 is 5.97 Å². The zero-order chi connectivity index (χ0) is 21.3. The van der Waals surface area contributed by atoms with Gasteiger partial charge in [-0.05, 0) is 30.3 Å². The molecule has 1 heterocycles. The van der Waals surface area contributed by atoms with Crippen LogP contribution in [-0.4, -0.2) is 29.4 Å². The van der Waals surface area contributed by atoms with Gasteiger partial charge in [-0.2, -0.15) is 0 Å². The summed E-state index contributed by atoms with van der Waals surface area (Å²) in [7, 11) is -4.25. The number of nitrogens with zero attached hydrogens (tertiary/aromatic N) is 1. The fourth-order valence-corrected chi connectivity index (χ4v) is 4.84. The Morgan fingerprint density at radius 1 is 0.800 bits per heavy atom. The maximum atomic E-state index is 13.5. The Bertz CT molecular complexity index is 1360. The van der Waals surface area contributed by atoms with E-state index in [-0.39, 0.29) is 21.4 Å². The summed E-state index contributed by atoms with van der Waals surface area (Å²) in [5, 5.41) is 12.6. The highest BCUT2D eigenvalue weighted by molar-refractivity contribution is 7.90. The van der Waals surface area contributed by atoms with Crippen molar-refractivity contribution < 1.29 is 23.1 Å². The largest absolute Gasteiger partial charge is 0.478 e. The maximum absolute atomic E-state index is 13.5. The van der Waals surface area contributed by atoms with Gasteiger partial charge in [0.15, 0.2) is 0 Å². The molecule has 0 atom stereocenters. The van der Waals surface area contributed by atoms with Gasteiger partial charge in [0.1, 0.15) is 5.69 Å². The van der Waals surface area contributed by atoms with Crippen molar-refractivity contribution in [2.75, 3.05) is 5.32 Å². The van der Waals surface area contributed by atoms with Crippen molar-refractivity contribution in [2.45, 2.75) is 4.90 Å². The third-order valence-corrected chi connectivity index (χ3v) is 6.30. The van der Waals surface area contributed by atoms with Crippen LogP contribution in [0.3, 0.4) is 0 Å². The molecular formula is C22H16N2O5S. The molecule has 0 fully saturated rings. The predicted molar refractivity (Wildman–Crippen MR) is 112 cm³/mol. The number of nitrogens with one attached hydrogen (secondary N) is 1. The van der Waals surface area contributed by atoms with E-state index >= 15 is 0 Å². The van der Waals surface area contributed by atoms with Crippen molar-refractivity contribution >= 4 is 38.5 Å². The molecule has 0 aliphatic carbocycles. The molecule has 4 rings (SSSR count). The molecule has 7 nitrogen and oxygen atoms in total. The van der Waals surface area contributed by atoms with Gasteiger partial charge in [0.25, 0.3) is 15.9 Å². The molecule has 0 bridgehead atoms. The van der Waals surface area contributed by atoms with E-state index < -0.39 is 27.6 Å². The lowest BCUT2D eigenvalue weighted by Gasteiger charge is -2.13. The van der Waals surface area contributed by atoms with E-state index in [1.54, 1.807) is 60.7 Å².